The highest BCUT2D eigenvalue weighted by Crippen LogP contribution is 2.34. The van der Waals surface area contributed by atoms with Crippen LogP contribution in [0, 0.1) is 17.0 Å². The van der Waals surface area contributed by atoms with E-state index in [9.17, 15) is 18.5 Å². The number of ether oxygens (including phenoxy) is 1. The second-order valence-corrected chi connectivity index (χ2v) is 6.46. The number of nitro groups is 1. The van der Waals surface area contributed by atoms with Crippen molar-refractivity contribution in [2.45, 2.75) is 18.4 Å². The zero-order chi connectivity index (χ0) is 15.6. The number of hydrogen-bond acceptors (Lipinski definition) is 8. The lowest BCUT2D eigenvalue weighted by atomic mass is 10.2. The normalized spacial score (nSPS) is 11.3. The molecule has 0 saturated carbocycles. The molecule has 0 saturated heterocycles. The highest BCUT2D eigenvalue weighted by atomic mass is 35.7. The van der Waals surface area contributed by atoms with E-state index in [1.165, 1.54) is 13.0 Å². The fourth-order valence-corrected chi connectivity index (χ4v) is 2.63. The first-order valence-electron chi connectivity index (χ1n) is 5.41. The highest BCUT2D eigenvalue weighted by Gasteiger charge is 2.24. The third kappa shape index (κ3) is 3.47. The Morgan fingerprint density at radius 3 is 2.71 bits per heavy atom. The van der Waals surface area contributed by atoms with Gasteiger partial charge in [-0.15, -0.1) is 0 Å². The molecule has 0 aliphatic heterocycles. The number of benzene rings is 1. The second kappa shape index (κ2) is 5.66. The predicted octanol–water partition coefficient (Wildman–Crippen LogP) is 1.79. The molecule has 0 spiro atoms. The van der Waals surface area contributed by atoms with Crippen molar-refractivity contribution in [2.24, 2.45) is 0 Å². The Morgan fingerprint density at radius 1 is 1.48 bits per heavy atom. The van der Waals surface area contributed by atoms with Gasteiger partial charge in [-0.05, 0) is 12.5 Å². The highest BCUT2D eigenvalue weighted by molar-refractivity contribution is 8.13. The molecule has 1 aromatic carbocycles. The summed E-state index contributed by atoms with van der Waals surface area (Å²) in [7, 11) is 1.07. The van der Waals surface area contributed by atoms with Crippen molar-refractivity contribution >= 4 is 25.4 Å². The van der Waals surface area contributed by atoms with Crippen LogP contribution in [0.15, 0.2) is 27.9 Å². The number of aromatic nitrogens is 2. The lowest BCUT2D eigenvalue weighted by Gasteiger charge is -2.11. The molecule has 2 aromatic rings. The fourth-order valence-electron chi connectivity index (χ4n) is 1.59. The van der Waals surface area contributed by atoms with Crippen LogP contribution in [0.1, 0.15) is 11.4 Å². The van der Waals surface area contributed by atoms with Crippen LogP contribution in [0.4, 0.5) is 5.69 Å². The number of nitrogens with zero attached hydrogens (tertiary/aromatic N) is 3. The van der Waals surface area contributed by atoms with E-state index in [4.69, 9.17) is 15.4 Å². The summed E-state index contributed by atoms with van der Waals surface area (Å²) < 4.78 is 32.9. The fraction of sp³-hybridized carbons (Fsp3) is 0.200. The molecule has 9 nitrogen and oxygen atoms in total. The summed E-state index contributed by atoms with van der Waals surface area (Å²) in [5, 5.41) is 14.3. The van der Waals surface area contributed by atoms with Crippen molar-refractivity contribution in [3.05, 3.63) is 40.0 Å². The van der Waals surface area contributed by atoms with Crippen molar-refractivity contribution < 1.29 is 22.6 Å². The predicted molar refractivity (Wildman–Crippen MR) is 69.5 cm³/mol. The Balaban J connectivity index is 2.45. The minimum atomic E-state index is -4.22. The van der Waals surface area contributed by atoms with Crippen LogP contribution in [-0.2, 0) is 15.7 Å². The molecule has 0 amide bonds. The Bertz CT molecular complexity index is 774. The lowest BCUT2D eigenvalue weighted by Crippen LogP contribution is -2.05. The van der Waals surface area contributed by atoms with Crippen molar-refractivity contribution in [1.82, 2.24) is 10.1 Å². The summed E-state index contributed by atoms with van der Waals surface area (Å²) in [4.78, 5) is 13.3. The molecule has 0 bridgehead atoms. The van der Waals surface area contributed by atoms with E-state index in [1.54, 1.807) is 0 Å². The Labute approximate surface area is 123 Å². The van der Waals surface area contributed by atoms with Gasteiger partial charge in [0.2, 0.25) is 12.2 Å². The molecule has 1 heterocycles. The summed E-state index contributed by atoms with van der Waals surface area (Å²) in [6, 6.07) is 2.01. The first kappa shape index (κ1) is 15.2. The van der Waals surface area contributed by atoms with E-state index in [1.807, 2.05) is 0 Å². The molecule has 0 fully saturated rings. The van der Waals surface area contributed by atoms with Crippen LogP contribution >= 0.6 is 10.7 Å². The summed E-state index contributed by atoms with van der Waals surface area (Å²) >= 11 is 0. The molecular weight excluding hydrogens is 326 g/mol. The van der Waals surface area contributed by atoms with E-state index >= 15 is 0 Å². The van der Waals surface area contributed by atoms with E-state index in [0.717, 1.165) is 12.5 Å². The van der Waals surface area contributed by atoms with Gasteiger partial charge in [0.1, 0.15) is 10.6 Å². The van der Waals surface area contributed by atoms with E-state index < -0.39 is 24.6 Å². The maximum Gasteiger partial charge on any atom is 0.271 e. The molecule has 21 heavy (non-hydrogen) atoms. The van der Waals surface area contributed by atoms with Crippen molar-refractivity contribution in [2.75, 3.05) is 0 Å². The smallest absolute Gasteiger partial charge is 0.271 e. The van der Waals surface area contributed by atoms with Gasteiger partial charge in [-0.1, -0.05) is 5.16 Å². The number of non-ortho nitro benzene ring substituents is 1. The quantitative estimate of drug-likeness (QED) is 0.460. The van der Waals surface area contributed by atoms with Gasteiger partial charge in [0.25, 0.3) is 14.7 Å². The first-order valence-corrected chi connectivity index (χ1v) is 7.71. The average molecular weight is 334 g/mol. The van der Waals surface area contributed by atoms with Crippen LogP contribution in [0.25, 0.3) is 0 Å². The third-order valence-electron chi connectivity index (χ3n) is 2.45. The van der Waals surface area contributed by atoms with Gasteiger partial charge in [-0.25, -0.2) is 8.42 Å². The lowest BCUT2D eigenvalue weighted by molar-refractivity contribution is -0.385. The zero-order valence-electron chi connectivity index (χ0n) is 10.5. The van der Waals surface area contributed by atoms with Crippen molar-refractivity contribution in [3.63, 3.8) is 0 Å². The van der Waals surface area contributed by atoms with Crippen molar-refractivity contribution in [3.8, 4) is 5.75 Å². The van der Waals surface area contributed by atoms with Gasteiger partial charge in [0.05, 0.1) is 4.92 Å². The standard InChI is InChI=1S/C10H8ClN3O6S/c1-6-2-7(14(15)16)3-8(21(11,17)18)10(6)19-4-9-12-5-20-13-9/h2-3,5H,4H2,1H3. The Morgan fingerprint density at radius 2 is 2.19 bits per heavy atom. The third-order valence-corrected chi connectivity index (χ3v) is 3.78. The van der Waals surface area contributed by atoms with Crippen LogP contribution in [-0.4, -0.2) is 23.5 Å². The second-order valence-electron chi connectivity index (χ2n) is 3.92. The zero-order valence-corrected chi connectivity index (χ0v) is 12.1. The number of nitro benzene ring substituents is 1. The molecule has 11 heteroatoms. The molecule has 0 radical (unpaired) electrons. The number of rotatable bonds is 5. The Kier molecular flexibility index (Phi) is 4.09. The monoisotopic (exact) mass is 333 g/mol. The van der Waals surface area contributed by atoms with Crippen LogP contribution in [0.3, 0.4) is 0 Å². The average Bonchev–Trinajstić information content (AvgIpc) is 2.88. The van der Waals surface area contributed by atoms with Gasteiger partial charge < -0.3 is 9.26 Å². The molecular formula is C10H8ClN3O6S. The minimum Gasteiger partial charge on any atom is -0.484 e. The van der Waals surface area contributed by atoms with Gasteiger partial charge in [0, 0.05) is 22.8 Å². The number of halogens is 1. The van der Waals surface area contributed by atoms with E-state index in [0.29, 0.717) is 0 Å². The van der Waals surface area contributed by atoms with Gasteiger partial charge in [-0.3, -0.25) is 10.1 Å². The molecule has 0 aliphatic carbocycles. The minimum absolute atomic E-state index is 0.0969. The van der Waals surface area contributed by atoms with E-state index in [2.05, 4.69) is 14.7 Å². The SMILES string of the molecule is Cc1cc([N+](=O)[O-])cc(S(=O)(=O)Cl)c1OCc1ncon1. The number of hydrogen-bond donors (Lipinski definition) is 0. The maximum absolute atomic E-state index is 11.6. The van der Waals surface area contributed by atoms with Crippen LogP contribution in [0.5, 0.6) is 5.75 Å². The van der Waals surface area contributed by atoms with Gasteiger partial charge in [-0.2, -0.15) is 4.98 Å². The first-order chi connectivity index (χ1) is 9.79. The van der Waals surface area contributed by atoms with Gasteiger partial charge >= 0.3 is 0 Å². The molecule has 0 N–H and O–H groups in total. The van der Waals surface area contributed by atoms with Gasteiger partial charge in [0.15, 0.2) is 6.61 Å². The summed E-state index contributed by atoms with van der Waals surface area (Å²) in [6.07, 6.45) is 1.08. The van der Waals surface area contributed by atoms with Crippen LogP contribution in [0.2, 0.25) is 0 Å². The van der Waals surface area contributed by atoms with E-state index in [-0.39, 0.29) is 23.7 Å². The largest absolute Gasteiger partial charge is 0.484 e. The Hall–Kier alpha value is -2.20. The summed E-state index contributed by atoms with van der Waals surface area (Å²) in [5.41, 5.74) is -0.162. The molecule has 1 aromatic heterocycles. The molecule has 112 valence electrons. The summed E-state index contributed by atoms with van der Waals surface area (Å²) in [5.74, 6) is 0.0890. The number of aryl methyl sites for hydroxylation is 1. The van der Waals surface area contributed by atoms with Crippen LogP contribution < -0.4 is 4.74 Å². The summed E-state index contributed by atoms with van der Waals surface area (Å²) in [6.45, 7) is 1.29. The molecule has 0 aliphatic rings. The molecule has 0 unspecified atom stereocenters. The molecule has 2 rings (SSSR count). The topological polar surface area (TPSA) is 125 Å². The maximum atomic E-state index is 11.6. The molecule has 0 atom stereocenters. The van der Waals surface area contributed by atoms with Crippen molar-refractivity contribution in [1.29, 1.82) is 0 Å².